The fourth-order valence-electron chi connectivity index (χ4n) is 2.15. The van der Waals surface area contributed by atoms with Crippen molar-refractivity contribution in [3.63, 3.8) is 0 Å². The van der Waals surface area contributed by atoms with Gasteiger partial charge in [-0.25, -0.2) is 0 Å². The summed E-state index contributed by atoms with van der Waals surface area (Å²) >= 11 is 0. The van der Waals surface area contributed by atoms with Gasteiger partial charge in [0.05, 0.1) is 6.42 Å². The molecule has 0 bridgehead atoms. The Morgan fingerprint density at radius 1 is 1.18 bits per heavy atom. The Kier molecular flexibility index (Phi) is 2.05. The van der Waals surface area contributed by atoms with Gasteiger partial charge in [-0.15, -0.1) is 0 Å². The van der Waals surface area contributed by atoms with Crippen LogP contribution >= 0.6 is 0 Å². The molecular formula is C14H14O3. The molecule has 0 amide bonds. The van der Waals surface area contributed by atoms with Crippen molar-refractivity contribution < 1.29 is 14.3 Å². The standard InChI is InChI=1S/C14H14O3/c1-14(2)6-5-10-7-9-3-4-13(15)16-11(9)8-12(10)17-14/h5-8H,3-4H2,1-2H3. The summed E-state index contributed by atoms with van der Waals surface area (Å²) in [6, 6.07) is 3.87. The van der Waals surface area contributed by atoms with Crippen molar-refractivity contribution in [2.24, 2.45) is 0 Å². The zero-order chi connectivity index (χ0) is 12.0. The van der Waals surface area contributed by atoms with E-state index >= 15 is 0 Å². The van der Waals surface area contributed by atoms with E-state index < -0.39 is 0 Å². The largest absolute Gasteiger partial charge is 0.483 e. The Morgan fingerprint density at radius 3 is 2.82 bits per heavy atom. The number of esters is 1. The summed E-state index contributed by atoms with van der Waals surface area (Å²) in [5.74, 6) is 1.26. The van der Waals surface area contributed by atoms with Gasteiger partial charge in [0.2, 0.25) is 0 Å². The number of fused-ring (bicyclic) bond motifs is 2. The summed E-state index contributed by atoms with van der Waals surface area (Å²) in [6.07, 6.45) is 5.31. The lowest BCUT2D eigenvalue weighted by Crippen LogP contribution is -2.27. The second-order valence-electron chi connectivity index (χ2n) is 5.01. The average Bonchev–Trinajstić information content (AvgIpc) is 2.25. The molecule has 0 aromatic heterocycles. The number of carbonyl (C=O) groups excluding carboxylic acids is 1. The lowest BCUT2D eigenvalue weighted by atomic mass is 9.98. The van der Waals surface area contributed by atoms with Crippen LogP contribution in [0.25, 0.3) is 6.08 Å². The van der Waals surface area contributed by atoms with Gasteiger partial charge in [-0.05, 0) is 38.0 Å². The Balaban J connectivity index is 2.07. The molecule has 1 aromatic rings. The highest BCUT2D eigenvalue weighted by molar-refractivity contribution is 5.77. The SMILES string of the molecule is CC1(C)C=Cc2cc3c(cc2O1)OC(=O)CC3. The third-order valence-corrected chi connectivity index (χ3v) is 3.05. The molecule has 0 N–H and O–H groups in total. The molecule has 3 heteroatoms. The molecule has 3 rings (SSSR count). The fraction of sp³-hybridized carbons (Fsp3) is 0.357. The van der Waals surface area contributed by atoms with Gasteiger partial charge in [0.25, 0.3) is 0 Å². The predicted molar refractivity (Wildman–Crippen MR) is 64.1 cm³/mol. The van der Waals surface area contributed by atoms with Gasteiger partial charge >= 0.3 is 5.97 Å². The topological polar surface area (TPSA) is 35.5 Å². The van der Waals surface area contributed by atoms with Crippen molar-refractivity contribution in [1.82, 2.24) is 0 Å². The van der Waals surface area contributed by atoms with Crippen LogP contribution in [-0.2, 0) is 11.2 Å². The summed E-state index contributed by atoms with van der Waals surface area (Å²) in [4.78, 5) is 11.2. The van der Waals surface area contributed by atoms with Crippen molar-refractivity contribution >= 4 is 12.0 Å². The van der Waals surface area contributed by atoms with E-state index in [0.717, 1.165) is 23.3 Å². The molecule has 88 valence electrons. The van der Waals surface area contributed by atoms with Crippen LogP contribution in [0.4, 0.5) is 0 Å². The Hall–Kier alpha value is -1.77. The molecule has 1 aromatic carbocycles. The third-order valence-electron chi connectivity index (χ3n) is 3.05. The highest BCUT2D eigenvalue weighted by Gasteiger charge is 2.25. The summed E-state index contributed by atoms with van der Waals surface area (Å²) in [7, 11) is 0. The van der Waals surface area contributed by atoms with Gasteiger partial charge < -0.3 is 9.47 Å². The number of hydrogen-bond acceptors (Lipinski definition) is 3. The molecule has 2 aliphatic rings. The molecule has 0 saturated carbocycles. The van der Waals surface area contributed by atoms with E-state index in [1.807, 2.05) is 32.1 Å². The highest BCUT2D eigenvalue weighted by atomic mass is 16.5. The quantitative estimate of drug-likeness (QED) is 0.508. The molecule has 0 radical (unpaired) electrons. The van der Waals surface area contributed by atoms with Crippen LogP contribution < -0.4 is 9.47 Å². The molecule has 0 saturated heterocycles. The zero-order valence-electron chi connectivity index (χ0n) is 9.95. The predicted octanol–water partition coefficient (Wildman–Crippen LogP) is 2.72. The van der Waals surface area contributed by atoms with Gasteiger partial charge in [0, 0.05) is 11.6 Å². The molecule has 0 unspecified atom stereocenters. The molecule has 0 fully saturated rings. The van der Waals surface area contributed by atoms with Crippen LogP contribution in [0, 0.1) is 0 Å². The van der Waals surface area contributed by atoms with Crippen LogP contribution in [0.1, 0.15) is 31.4 Å². The van der Waals surface area contributed by atoms with Crippen LogP contribution in [0.3, 0.4) is 0 Å². The Morgan fingerprint density at radius 2 is 2.00 bits per heavy atom. The minimum Gasteiger partial charge on any atom is -0.483 e. The molecule has 0 spiro atoms. The van der Waals surface area contributed by atoms with E-state index in [4.69, 9.17) is 9.47 Å². The maximum atomic E-state index is 11.2. The van der Waals surface area contributed by atoms with E-state index in [9.17, 15) is 4.79 Å². The summed E-state index contributed by atoms with van der Waals surface area (Å²) in [5.41, 5.74) is 1.83. The highest BCUT2D eigenvalue weighted by Crippen LogP contribution is 2.37. The Bertz CT molecular complexity index is 527. The normalized spacial score (nSPS) is 20.0. The number of carbonyl (C=O) groups is 1. The maximum absolute atomic E-state index is 11.2. The average molecular weight is 230 g/mol. The monoisotopic (exact) mass is 230 g/mol. The van der Waals surface area contributed by atoms with Gasteiger partial charge in [-0.1, -0.05) is 6.08 Å². The van der Waals surface area contributed by atoms with Gasteiger partial charge in [-0.2, -0.15) is 0 Å². The summed E-state index contributed by atoms with van der Waals surface area (Å²) in [6.45, 7) is 4.00. The molecule has 17 heavy (non-hydrogen) atoms. The second-order valence-corrected chi connectivity index (χ2v) is 5.01. The first-order valence-corrected chi connectivity index (χ1v) is 5.79. The minimum atomic E-state index is -0.306. The second kappa shape index (κ2) is 3.36. The van der Waals surface area contributed by atoms with Gasteiger partial charge in [-0.3, -0.25) is 4.79 Å². The maximum Gasteiger partial charge on any atom is 0.311 e. The number of benzene rings is 1. The van der Waals surface area contributed by atoms with E-state index in [1.165, 1.54) is 0 Å². The van der Waals surface area contributed by atoms with Crippen molar-refractivity contribution in [3.8, 4) is 11.5 Å². The van der Waals surface area contributed by atoms with E-state index in [2.05, 4.69) is 6.08 Å². The first kappa shape index (κ1) is 10.4. The number of ether oxygens (including phenoxy) is 2. The lowest BCUT2D eigenvalue weighted by Gasteiger charge is -2.29. The van der Waals surface area contributed by atoms with E-state index in [1.54, 1.807) is 0 Å². The lowest BCUT2D eigenvalue weighted by molar-refractivity contribution is -0.135. The van der Waals surface area contributed by atoms with Crippen LogP contribution in [0.15, 0.2) is 18.2 Å². The zero-order valence-corrected chi connectivity index (χ0v) is 9.95. The molecule has 2 aliphatic heterocycles. The van der Waals surface area contributed by atoms with Crippen LogP contribution in [0.2, 0.25) is 0 Å². The van der Waals surface area contributed by atoms with Gasteiger partial charge in [0.15, 0.2) is 0 Å². The van der Waals surface area contributed by atoms with Crippen LogP contribution in [-0.4, -0.2) is 11.6 Å². The number of hydrogen-bond donors (Lipinski definition) is 0. The first-order valence-electron chi connectivity index (χ1n) is 5.79. The smallest absolute Gasteiger partial charge is 0.311 e. The molecule has 0 atom stereocenters. The van der Waals surface area contributed by atoms with Crippen molar-refractivity contribution in [1.29, 1.82) is 0 Å². The molecule has 3 nitrogen and oxygen atoms in total. The van der Waals surface area contributed by atoms with Crippen LogP contribution in [0.5, 0.6) is 11.5 Å². The van der Waals surface area contributed by atoms with Crippen molar-refractivity contribution in [2.75, 3.05) is 0 Å². The fourth-order valence-corrected chi connectivity index (χ4v) is 2.15. The Labute approximate surface area is 100 Å². The minimum absolute atomic E-state index is 0.164. The molecule has 0 aliphatic carbocycles. The number of aryl methyl sites for hydroxylation is 1. The van der Waals surface area contributed by atoms with E-state index in [0.29, 0.717) is 12.2 Å². The van der Waals surface area contributed by atoms with Gasteiger partial charge in [0.1, 0.15) is 17.1 Å². The molecular weight excluding hydrogens is 216 g/mol. The number of rotatable bonds is 0. The summed E-state index contributed by atoms with van der Waals surface area (Å²) < 4.78 is 11.1. The molecule has 2 heterocycles. The third kappa shape index (κ3) is 1.82. The summed E-state index contributed by atoms with van der Waals surface area (Å²) in [5, 5.41) is 0. The van der Waals surface area contributed by atoms with E-state index in [-0.39, 0.29) is 11.6 Å². The van der Waals surface area contributed by atoms with Crippen molar-refractivity contribution in [2.45, 2.75) is 32.3 Å². The van der Waals surface area contributed by atoms with Crippen molar-refractivity contribution in [3.05, 3.63) is 29.3 Å². The first-order chi connectivity index (χ1) is 8.03.